The van der Waals surface area contributed by atoms with E-state index in [4.69, 9.17) is 14.2 Å². The van der Waals surface area contributed by atoms with E-state index in [-0.39, 0.29) is 12.2 Å². The first kappa shape index (κ1) is 18.7. The third kappa shape index (κ3) is 6.13. The molecule has 24 heavy (non-hydrogen) atoms. The van der Waals surface area contributed by atoms with Gasteiger partial charge in [-0.2, -0.15) is 0 Å². The molecule has 5 heteroatoms. The molecule has 2 rings (SSSR count). The first-order valence-electron chi connectivity index (χ1n) is 8.71. The minimum Gasteiger partial charge on any atom is -0.443 e. The summed E-state index contributed by atoms with van der Waals surface area (Å²) in [5.41, 5.74) is 0.703. The van der Waals surface area contributed by atoms with Crippen LogP contribution in [0.1, 0.15) is 39.2 Å². The molecule has 1 aliphatic rings. The van der Waals surface area contributed by atoms with Crippen molar-refractivity contribution in [3.8, 4) is 0 Å². The maximum absolute atomic E-state index is 12.3. The second kappa shape index (κ2) is 9.04. The first-order chi connectivity index (χ1) is 11.5. The van der Waals surface area contributed by atoms with Gasteiger partial charge in [-0.05, 0) is 25.8 Å². The van der Waals surface area contributed by atoms with Gasteiger partial charge in [0, 0.05) is 6.54 Å². The number of amides is 1. The van der Waals surface area contributed by atoms with Crippen LogP contribution in [-0.2, 0) is 20.8 Å². The van der Waals surface area contributed by atoms with Gasteiger partial charge < -0.3 is 19.1 Å². The highest BCUT2D eigenvalue weighted by Gasteiger charge is 2.29. The Labute approximate surface area is 144 Å². The maximum atomic E-state index is 12.3. The van der Waals surface area contributed by atoms with Gasteiger partial charge in [0.1, 0.15) is 5.60 Å². The van der Waals surface area contributed by atoms with Gasteiger partial charge in [0.25, 0.3) is 0 Å². The largest absolute Gasteiger partial charge is 0.443 e. The molecular formula is C19H29NO4. The average Bonchev–Trinajstić information content (AvgIpc) is 2.55. The lowest BCUT2D eigenvalue weighted by Gasteiger charge is -2.35. The number of carbonyl (C=O) groups is 1. The van der Waals surface area contributed by atoms with Gasteiger partial charge in [-0.25, -0.2) is 4.79 Å². The first-order valence-corrected chi connectivity index (χ1v) is 8.71. The van der Waals surface area contributed by atoms with Gasteiger partial charge in [-0.15, -0.1) is 0 Å². The standard InChI is InChI=1S/C19H29NO4/c1-4-10-19(2,3)24-18(21)20-11-12-23-17(13-20)15-22-14-16-8-6-5-7-9-16/h5-9,17H,4,10-15H2,1-3H3. The van der Waals surface area contributed by atoms with Crippen molar-refractivity contribution in [1.82, 2.24) is 4.90 Å². The Kier molecular flexibility index (Phi) is 7.06. The lowest BCUT2D eigenvalue weighted by Crippen LogP contribution is -2.49. The van der Waals surface area contributed by atoms with Crippen molar-refractivity contribution in [3.05, 3.63) is 35.9 Å². The van der Waals surface area contributed by atoms with Crippen LogP contribution in [0.4, 0.5) is 4.79 Å². The summed E-state index contributed by atoms with van der Waals surface area (Å²) in [6.45, 7) is 8.61. The second-order valence-corrected chi connectivity index (χ2v) is 6.82. The molecule has 1 amide bonds. The molecule has 1 aromatic rings. The Morgan fingerprint density at radius 1 is 1.33 bits per heavy atom. The summed E-state index contributed by atoms with van der Waals surface area (Å²) < 4.78 is 17.1. The molecule has 1 aliphatic heterocycles. The summed E-state index contributed by atoms with van der Waals surface area (Å²) in [5.74, 6) is 0. The van der Waals surface area contributed by atoms with E-state index in [0.717, 1.165) is 18.4 Å². The van der Waals surface area contributed by atoms with Crippen molar-refractivity contribution in [1.29, 1.82) is 0 Å². The van der Waals surface area contributed by atoms with E-state index < -0.39 is 5.60 Å². The summed E-state index contributed by atoms with van der Waals surface area (Å²) in [7, 11) is 0. The summed E-state index contributed by atoms with van der Waals surface area (Å²) in [5, 5.41) is 0. The van der Waals surface area contributed by atoms with E-state index in [0.29, 0.717) is 32.9 Å². The summed E-state index contributed by atoms with van der Waals surface area (Å²) in [6.07, 6.45) is 1.47. The average molecular weight is 335 g/mol. The third-order valence-corrected chi connectivity index (χ3v) is 4.03. The molecule has 134 valence electrons. The number of nitrogens with zero attached hydrogens (tertiary/aromatic N) is 1. The molecular weight excluding hydrogens is 306 g/mol. The SMILES string of the molecule is CCCC(C)(C)OC(=O)N1CCOC(COCc2ccccc2)C1. The Hall–Kier alpha value is -1.59. The molecule has 1 saturated heterocycles. The number of morpholine rings is 1. The fourth-order valence-electron chi connectivity index (χ4n) is 2.82. The maximum Gasteiger partial charge on any atom is 0.410 e. The Morgan fingerprint density at radius 3 is 2.79 bits per heavy atom. The molecule has 0 N–H and O–H groups in total. The van der Waals surface area contributed by atoms with Crippen LogP contribution in [0, 0.1) is 0 Å². The highest BCUT2D eigenvalue weighted by Crippen LogP contribution is 2.19. The molecule has 0 aliphatic carbocycles. The van der Waals surface area contributed by atoms with Crippen LogP contribution in [0.25, 0.3) is 0 Å². The number of ether oxygens (including phenoxy) is 3. The van der Waals surface area contributed by atoms with Gasteiger partial charge in [0.2, 0.25) is 0 Å². The summed E-state index contributed by atoms with van der Waals surface area (Å²) >= 11 is 0. The predicted molar refractivity (Wildman–Crippen MR) is 92.9 cm³/mol. The molecule has 0 spiro atoms. The van der Waals surface area contributed by atoms with Crippen molar-refractivity contribution >= 4 is 6.09 Å². The zero-order valence-corrected chi connectivity index (χ0v) is 15.0. The molecule has 0 aromatic heterocycles. The van der Waals surface area contributed by atoms with Crippen LogP contribution in [0.5, 0.6) is 0 Å². The zero-order valence-electron chi connectivity index (χ0n) is 15.0. The van der Waals surface area contributed by atoms with Gasteiger partial charge in [-0.3, -0.25) is 0 Å². The van der Waals surface area contributed by atoms with Crippen LogP contribution >= 0.6 is 0 Å². The smallest absolute Gasteiger partial charge is 0.410 e. The Bertz CT molecular complexity index is 503. The van der Waals surface area contributed by atoms with Gasteiger partial charge >= 0.3 is 6.09 Å². The molecule has 0 saturated carbocycles. The fraction of sp³-hybridized carbons (Fsp3) is 0.632. The Morgan fingerprint density at radius 2 is 2.08 bits per heavy atom. The summed E-state index contributed by atoms with van der Waals surface area (Å²) in [6, 6.07) is 10.0. The predicted octanol–water partition coefficient (Wildman–Crippen LogP) is 3.62. The molecule has 1 heterocycles. The molecule has 5 nitrogen and oxygen atoms in total. The lowest BCUT2D eigenvalue weighted by atomic mass is 10.0. The van der Waals surface area contributed by atoms with E-state index in [1.165, 1.54) is 0 Å². The zero-order chi connectivity index (χ0) is 17.4. The minimum atomic E-state index is -0.427. The number of benzene rings is 1. The fourth-order valence-corrected chi connectivity index (χ4v) is 2.82. The topological polar surface area (TPSA) is 48.0 Å². The molecule has 0 bridgehead atoms. The lowest BCUT2D eigenvalue weighted by molar-refractivity contribution is -0.0770. The quantitative estimate of drug-likeness (QED) is 0.763. The van der Waals surface area contributed by atoms with E-state index in [2.05, 4.69) is 6.92 Å². The molecule has 1 atom stereocenters. The van der Waals surface area contributed by atoms with Gasteiger partial charge in [0.05, 0.1) is 32.5 Å². The van der Waals surface area contributed by atoms with Crippen molar-refractivity contribution in [3.63, 3.8) is 0 Å². The van der Waals surface area contributed by atoms with E-state index >= 15 is 0 Å². The number of hydrogen-bond acceptors (Lipinski definition) is 4. The van der Waals surface area contributed by atoms with E-state index in [1.807, 2.05) is 44.2 Å². The monoisotopic (exact) mass is 335 g/mol. The van der Waals surface area contributed by atoms with E-state index in [1.54, 1.807) is 4.90 Å². The van der Waals surface area contributed by atoms with Crippen LogP contribution < -0.4 is 0 Å². The van der Waals surface area contributed by atoms with Crippen molar-refractivity contribution in [2.45, 2.75) is 51.9 Å². The van der Waals surface area contributed by atoms with Crippen LogP contribution in [0.15, 0.2) is 30.3 Å². The third-order valence-electron chi connectivity index (χ3n) is 4.03. The van der Waals surface area contributed by atoms with Gasteiger partial charge in [-0.1, -0.05) is 43.7 Å². The van der Waals surface area contributed by atoms with Gasteiger partial charge in [0.15, 0.2) is 0 Å². The minimum absolute atomic E-state index is 0.107. The summed E-state index contributed by atoms with van der Waals surface area (Å²) in [4.78, 5) is 14.1. The molecule has 1 fully saturated rings. The normalized spacial score (nSPS) is 18.5. The number of rotatable bonds is 7. The Balaban J connectivity index is 1.75. The number of hydrogen-bond donors (Lipinski definition) is 0. The van der Waals surface area contributed by atoms with Crippen molar-refractivity contribution in [2.75, 3.05) is 26.3 Å². The number of carbonyl (C=O) groups excluding carboxylic acids is 1. The molecule has 0 radical (unpaired) electrons. The van der Waals surface area contributed by atoms with Crippen molar-refractivity contribution < 1.29 is 19.0 Å². The van der Waals surface area contributed by atoms with Crippen LogP contribution in [-0.4, -0.2) is 49.0 Å². The second-order valence-electron chi connectivity index (χ2n) is 6.82. The molecule has 1 aromatic carbocycles. The van der Waals surface area contributed by atoms with Crippen LogP contribution in [0.3, 0.4) is 0 Å². The molecule has 1 unspecified atom stereocenters. The van der Waals surface area contributed by atoms with E-state index in [9.17, 15) is 4.79 Å². The van der Waals surface area contributed by atoms with Crippen LogP contribution in [0.2, 0.25) is 0 Å². The highest BCUT2D eigenvalue weighted by molar-refractivity contribution is 5.68. The van der Waals surface area contributed by atoms with Crippen molar-refractivity contribution in [2.24, 2.45) is 0 Å². The highest BCUT2D eigenvalue weighted by atomic mass is 16.6.